The number of nitrogens with zero attached hydrogens (tertiary/aromatic N) is 3. The Labute approximate surface area is 152 Å². The van der Waals surface area contributed by atoms with E-state index in [9.17, 15) is 15.4 Å². The smallest absolute Gasteiger partial charge is 0.270 e. The van der Waals surface area contributed by atoms with Crippen LogP contribution in [0.5, 0.6) is 0 Å². The lowest BCUT2D eigenvalue weighted by Crippen LogP contribution is -2.36. The Kier molecular flexibility index (Phi) is 5.30. The maximum absolute atomic E-state index is 11.2. The van der Waals surface area contributed by atoms with Gasteiger partial charge in [0.25, 0.3) is 5.69 Å². The summed E-state index contributed by atoms with van der Waals surface area (Å²) in [7, 11) is 0. The molecule has 0 saturated carbocycles. The summed E-state index contributed by atoms with van der Waals surface area (Å²) in [5.41, 5.74) is 3.92. The van der Waals surface area contributed by atoms with E-state index in [2.05, 4.69) is 11.0 Å². The number of nitro groups is 1. The molecule has 0 bridgehead atoms. The van der Waals surface area contributed by atoms with Crippen LogP contribution in [-0.2, 0) is 4.74 Å². The van der Waals surface area contributed by atoms with E-state index in [0.29, 0.717) is 37.4 Å². The van der Waals surface area contributed by atoms with Crippen molar-refractivity contribution in [1.82, 2.24) is 0 Å². The molecule has 2 aromatic rings. The monoisotopic (exact) mass is 349 g/mol. The maximum atomic E-state index is 11.2. The first kappa shape index (κ1) is 17.6. The number of non-ortho nitro benzene ring substituents is 1. The van der Waals surface area contributed by atoms with Crippen molar-refractivity contribution in [2.75, 3.05) is 31.2 Å². The van der Waals surface area contributed by atoms with Crippen molar-refractivity contribution in [2.45, 2.75) is 6.92 Å². The molecule has 0 aromatic heterocycles. The van der Waals surface area contributed by atoms with E-state index in [4.69, 9.17) is 4.74 Å². The zero-order chi connectivity index (χ0) is 18.5. The molecule has 0 unspecified atom stereocenters. The topological polar surface area (TPSA) is 79.4 Å². The zero-order valence-electron chi connectivity index (χ0n) is 14.5. The number of anilines is 1. The molecule has 1 aliphatic heterocycles. The Hall–Kier alpha value is -3.17. The highest BCUT2D eigenvalue weighted by molar-refractivity contribution is 5.92. The average molecular weight is 349 g/mol. The molecule has 0 amide bonds. The van der Waals surface area contributed by atoms with Gasteiger partial charge in [0, 0.05) is 36.5 Å². The van der Waals surface area contributed by atoms with Crippen LogP contribution in [-0.4, -0.2) is 31.2 Å². The number of nitro benzene ring substituents is 1. The molecule has 1 fully saturated rings. The Balaban J connectivity index is 2.07. The molecular formula is C20H19N3O3. The van der Waals surface area contributed by atoms with Crippen LogP contribution in [0.15, 0.2) is 42.5 Å². The lowest BCUT2D eigenvalue weighted by Gasteiger charge is -2.30. The van der Waals surface area contributed by atoms with Gasteiger partial charge in [0.2, 0.25) is 0 Å². The highest BCUT2D eigenvalue weighted by atomic mass is 16.6. The van der Waals surface area contributed by atoms with Gasteiger partial charge in [-0.15, -0.1) is 0 Å². The fourth-order valence-electron chi connectivity index (χ4n) is 2.93. The second-order valence-electron chi connectivity index (χ2n) is 6.14. The highest BCUT2D eigenvalue weighted by Gasteiger charge is 2.17. The third-order valence-electron chi connectivity index (χ3n) is 4.36. The summed E-state index contributed by atoms with van der Waals surface area (Å²) < 4.78 is 5.39. The first-order valence-corrected chi connectivity index (χ1v) is 8.38. The molecule has 2 aromatic carbocycles. The lowest BCUT2D eigenvalue weighted by molar-refractivity contribution is -0.384. The van der Waals surface area contributed by atoms with Gasteiger partial charge in [-0.25, -0.2) is 0 Å². The molecular weight excluding hydrogens is 330 g/mol. The summed E-state index contributed by atoms with van der Waals surface area (Å²) in [6.07, 6.45) is 1.72. The van der Waals surface area contributed by atoms with Crippen LogP contribution in [0, 0.1) is 28.4 Å². The van der Waals surface area contributed by atoms with E-state index in [1.54, 1.807) is 12.1 Å². The summed E-state index contributed by atoms with van der Waals surface area (Å²) in [6, 6.07) is 14.6. The molecule has 0 spiro atoms. The van der Waals surface area contributed by atoms with E-state index in [-0.39, 0.29) is 5.69 Å². The predicted octanol–water partition coefficient (Wildman–Crippen LogP) is 3.80. The molecule has 26 heavy (non-hydrogen) atoms. The number of hydrogen-bond donors (Lipinski definition) is 0. The standard InChI is InChI=1S/C20H19N3O3/c1-15-2-4-16(5-3-15)18(14-21)12-17-13-19(23(24)25)6-7-20(17)22-8-10-26-11-9-22/h2-7,12-13H,8-11H2,1H3/b18-12+. The minimum Gasteiger partial charge on any atom is -0.378 e. The van der Waals surface area contributed by atoms with E-state index in [1.807, 2.05) is 31.2 Å². The SMILES string of the molecule is Cc1ccc(/C(C#N)=C/c2cc([N+](=O)[O-])ccc2N2CCOCC2)cc1. The molecule has 6 heteroatoms. The van der Waals surface area contributed by atoms with Gasteiger partial charge in [0.15, 0.2) is 0 Å². The van der Waals surface area contributed by atoms with Crippen molar-refractivity contribution in [3.05, 3.63) is 69.3 Å². The number of aryl methyl sites for hydroxylation is 1. The van der Waals surface area contributed by atoms with Gasteiger partial charge < -0.3 is 9.64 Å². The van der Waals surface area contributed by atoms with Gasteiger partial charge in [-0.2, -0.15) is 5.26 Å². The van der Waals surface area contributed by atoms with E-state index in [1.165, 1.54) is 12.1 Å². The van der Waals surface area contributed by atoms with Crippen molar-refractivity contribution < 1.29 is 9.66 Å². The third-order valence-corrected chi connectivity index (χ3v) is 4.36. The van der Waals surface area contributed by atoms with Gasteiger partial charge in [0.1, 0.15) is 0 Å². The van der Waals surface area contributed by atoms with Crippen molar-refractivity contribution in [1.29, 1.82) is 5.26 Å². The van der Waals surface area contributed by atoms with Gasteiger partial charge in [-0.1, -0.05) is 29.8 Å². The summed E-state index contributed by atoms with van der Waals surface area (Å²) in [4.78, 5) is 12.9. The summed E-state index contributed by atoms with van der Waals surface area (Å²) in [5.74, 6) is 0. The van der Waals surface area contributed by atoms with E-state index < -0.39 is 4.92 Å². The molecule has 1 heterocycles. The fourth-order valence-corrected chi connectivity index (χ4v) is 2.93. The molecule has 3 rings (SSSR count). The van der Waals surface area contributed by atoms with Crippen molar-refractivity contribution in [2.24, 2.45) is 0 Å². The maximum Gasteiger partial charge on any atom is 0.270 e. The lowest BCUT2D eigenvalue weighted by atomic mass is 10.0. The third kappa shape index (κ3) is 3.90. The van der Waals surface area contributed by atoms with Crippen LogP contribution in [0.4, 0.5) is 11.4 Å². The van der Waals surface area contributed by atoms with Crippen LogP contribution in [0.25, 0.3) is 11.6 Å². The molecule has 1 aliphatic rings. The first-order valence-electron chi connectivity index (χ1n) is 8.38. The first-order chi connectivity index (χ1) is 12.6. The van der Waals surface area contributed by atoms with Crippen molar-refractivity contribution in [3.8, 4) is 6.07 Å². The van der Waals surface area contributed by atoms with Crippen molar-refractivity contribution in [3.63, 3.8) is 0 Å². The molecule has 0 N–H and O–H groups in total. The zero-order valence-corrected chi connectivity index (χ0v) is 14.5. The molecule has 0 aliphatic carbocycles. The summed E-state index contributed by atoms with van der Waals surface area (Å²) in [5, 5.41) is 20.8. The quantitative estimate of drug-likeness (QED) is 0.363. The number of rotatable bonds is 4. The molecule has 132 valence electrons. The Morgan fingerprint density at radius 2 is 1.92 bits per heavy atom. The van der Waals surface area contributed by atoms with Gasteiger partial charge in [0.05, 0.1) is 29.8 Å². The van der Waals surface area contributed by atoms with Gasteiger partial charge >= 0.3 is 0 Å². The van der Waals surface area contributed by atoms with Crippen LogP contribution in [0.3, 0.4) is 0 Å². The van der Waals surface area contributed by atoms with E-state index in [0.717, 1.165) is 16.8 Å². The van der Waals surface area contributed by atoms with Gasteiger partial charge in [-0.05, 0) is 24.6 Å². The Morgan fingerprint density at radius 3 is 2.54 bits per heavy atom. The largest absolute Gasteiger partial charge is 0.378 e. The Morgan fingerprint density at radius 1 is 1.23 bits per heavy atom. The summed E-state index contributed by atoms with van der Waals surface area (Å²) in [6.45, 7) is 4.64. The summed E-state index contributed by atoms with van der Waals surface area (Å²) >= 11 is 0. The molecule has 1 saturated heterocycles. The van der Waals surface area contributed by atoms with Crippen LogP contribution < -0.4 is 4.90 Å². The minimum absolute atomic E-state index is 0.00875. The second-order valence-corrected chi connectivity index (χ2v) is 6.14. The average Bonchev–Trinajstić information content (AvgIpc) is 2.67. The number of allylic oxidation sites excluding steroid dienone is 1. The van der Waals surface area contributed by atoms with Crippen LogP contribution in [0.2, 0.25) is 0 Å². The predicted molar refractivity (Wildman–Crippen MR) is 101 cm³/mol. The molecule has 0 radical (unpaired) electrons. The van der Waals surface area contributed by atoms with E-state index >= 15 is 0 Å². The minimum atomic E-state index is -0.418. The number of morpholine rings is 1. The fraction of sp³-hybridized carbons (Fsp3) is 0.250. The normalized spacial score (nSPS) is 14.8. The number of hydrogen-bond acceptors (Lipinski definition) is 5. The number of benzene rings is 2. The van der Waals surface area contributed by atoms with Crippen LogP contribution in [0.1, 0.15) is 16.7 Å². The highest BCUT2D eigenvalue weighted by Crippen LogP contribution is 2.30. The van der Waals surface area contributed by atoms with Crippen LogP contribution >= 0.6 is 0 Å². The number of ether oxygens (including phenoxy) is 1. The van der Waals surface area contributed by atoms with Crippen molar-refractivity contribution >= 4 is 23.0 Å². The van der Waals surface area contributed by atoms with Gasteiger partial charge in [-0.3, -0.25) is 10.1 Å². The molecule has 0 atom stereocenters. The number of nitriles is 1. The Bertz CT molecular complexity index is 876. The molecule has 6 nitrogen and oxygen atoms in total. The second kappa shape index (κ2) is 7.81.